The van der Waals surface area contributed by atoms with Crippen LogP contribution < -0.4 is 10.6 Å². The number of para-hydroxylation sites is 2. The number of carbonyl (C=O) groups is 1. The number of hydrogen-bond donors (Lipinski definition) is 2. The third-order valence-electron chi connectivity index (χ3n) is 2.46. The molecule has 0 unspecified atom stereocenters. The van der Waals surface area contributed by atoms with Crippen LogP contribution in [0.2, 0.25) is 0 Å². The van der Waals surface area contributed by atoms with Gasteiger partial charge in [0.1, 0.15) is 12.3 Å². The molecule has 0 fully saturated rings. The van der Waals surface area contributed by atoms with Gasteiger partial charge in [-0.1, -0.05) is 12.1 Å². The van der Waals surface area contributed by atoms with Gasteiger partial charge in [0.05, 0.1) is 19.8 Å². The standard InChI is InChI=1S/C13H19N3O2/c1-10(16(2)3)14-11-7-5-6-8-12(11)15-13(17)9-18-4/h5-8H,9H2,1-4H3,(H,15,17)/p+1. The number of carbonyl (C=O) groups excluding carboxylic acids is 1. The lowest BCUT2D eigenvalue weighted by Gasteiger charge is -2.09. The van der Waals surface area contributed by atoms with Crippen molar-refractivity contribution in [2.75, 3.05) is 38.4 Å². The summed E-state index contributed by atoms with van der Waals surface area (Å²) in [4.78, 5) is 11.5. The van der Waals surface area contributed by atoms with Gasteiger partial charge in [-0.2, -0.15) is 0 Å². The molecule has 5 heteroatoms. The van der Waals surface area contributed by atoms with Gasteiger partial charge < -0.3 is 10.1 Å². The van der Waals surface area contributed by atoms with Crippen LogP contribution in [0.1, 0.15) is 6.92 Å². The maximum Gasteiger partial charge on any atom is 0.250 e. The van der Waals surface area contributed by atoms with Gasteiger partial charge >= 0.3 is 0 Å². The molecule has 1 aromatic carbocycles. The van der Waals surface area contributed by atoms with E-state index in [0.717, 1.165) is 17.2 Å². The first-order chi connectivity index (χ1) is 8.54. The number of anilines is 2. The number of amides is 1. The van der Waals surface area contributed by atoms with Gasteiger partial charge in [-0.25, -0.2) is 5.32 Å². The summed E-state index contributed by atoms with van der Waals surface area (Å²) in [5.41, 5.74) is 1.59. The van der Waals surface area contributed by atoms with E-state index in [1.165, 1.54) is 7.11 Å². The van der Waals surface area contributed by atoms with Crippen LogP contribution in [0, 0.1) is 0 Å². The van der Waals surface area contributed by atoms with Crippen molar-refractivity contribution in [1.82, 2.24) is 0 Å². The fourth-order valence-electron chi connectivity index (χ4n) is 1.33. The molecule has 0 bridgehead atoms. The van der Waals surface area contributed by atoms with E-state index in [1.54, 1.807) is 0 Å². The number of amidine groups is 1. The highest BCUT2D eigenvalue weighted by atomic mass is 16.5. The van der Waals surface area contributed by atoms with E-state index < -0.39 is 0 Å². The number of rotatable bonds is 4. The molecule has 2 N–H and O–H groups in total. The van der Waals surface area contributed by atoms with Crippen molar-refractivity contribution >= 4 is 23.1 Å². The van der Waals surface area contributed by atoms with Gasteiger partial charge in [0.25, 0.3) is 0 Å². The Balaban J connectivity index is 2.86. The maximum absolute atomic E-state index is 11.5. The van der Waals surface area contributed by atoms with Crippen LogP contribution in [0.3, 0.4) is 0 Å². The van der Waals surface area contributed by atoms with Crippen molar-refractivity contribution in [2.45, 2.75) is 6.92 Å². The molecule has 1 aromatic rings. The summed E-state index contributed by atoms with van der Waals surface area (Å²) in [7, 11) is 5.40. The molecule has 1 rings (SSSR count). The quantitative estimate of drug-likeness (QED) is 0.482. The number of ether oxygens (including phenoxy) is 1. The molecule has 1 amide bonds. The average molecular weight is 250 g/mol. The summed E-state index contributed by atoms with van der Waals surface area (Å²) in [6.45, 7) is 2.01. The largest absolute Gasteiger partial charge is 0.375 e. The van der Waals surface area contributed by atoms with Crippen molar-refractivity contribution in [3.05, 3.63) is 24.3 Å². The number of nitrogens with one attached hydrogen (secondary N) is 2. The summed E-state index contributed by atoms with van der Waals surface area (Å²) in [6.07, 6.45) is 0. The highest BCUT2D eigenvalue weighted by molar-refractivity contribution is 5.99. The molecule has 0 radical (unpaired) electrons. The molecule has 0 aliphatic heterocycles. The highest BCUT2D eigenvalue weighted by Crippen LogP contribution is 2.20. The van der Waals surface area contributed by atoms with Crippen LogP contribution in [0.15, 0.2) is 24.3 Å². The molecule has 5 nitrogen and oxygen atoms in total. The van der Waals surface area contributed by atoms with Gasteiger partial charge in [-0.3, -0.25) is 9.37 Å². The van der Waals surface area contributed by atoms with Gasteiger partial charge in [0, 0.05) is 14.0 Å². The third-order valence-corrected chi connectivity index (χ3v) is 2.46. The Kier molecular flexibility index (Phi) is 5.32. The second-order valence-corrected chi connectivity index (χ2v) is 4.13. The summed E-state index contributed by atoms with van der Waals surface area (Å²) in [5, 5.41) is 6.04. The second kappa shape index (κ2) is 6.76. The van der Waals surface area contributed by atoms with Gasteiger partial charge in [-0.15, -0.1) is 0 Å². The fraction of sp³-hybridized carbons (Fsp3) is 0.385. The zero-order valence-electron chi connectivity index (χ0n) is 11.3. The maximum atomic E-state index is 11.5. The van der Waals surface area contributed by atoms with Crippen molar-refractivity contribution in [1.29, 1.82) is 0 Å². The van der Waals surface area contributed by atoms with Gasteiger partial charge in [0.2, 0.25) is 11.7 Å². The predicted octanol–water partition coefficient (Wildman–Crippen LogP) is 1.37. The van der Waals surface area contributed by atoms with Crippen LogP contribution in [0.4, 0.5) is 11.4 Å². The smallest absolute Gasteiger partial charge is 0.250 e. The van der Waals surface area contributed by atoms with E-state index >= 15 is 0 Å². The molecular weight excluding hydrogens is 230 g/mol. The molecule has 0 aliphatic rings. The molecule has 0 heterocycles. The van der Waals surface area contributed by atoms with Crippen LogP contribution in [0.25, 0.3) is 0 Å². The Labute approximate surface area is 107 Å². The first kappa shape index (κ1) is 14.2. The zero-order valence-corrected chi connectivity index (χ0v) is 11.3. The predicted molar refractivity (Wildman–Crippen MR) is 73.4 cm³/mol. The van der Waals surface area contributed by atoms with Crippen LogP contribution in [0.5, 0.6) is 0 Å². The summed E-state index contributed by atoms with van der Waals surface area (Å²) < 4.78 is 6.76. The van der Waals surface area contributed by atoms with E-state index in [-0.39, 0.29) is 12.5 Å². The summed E-state index contributed by atoms with van der Waals surface area (Å²) in [6, 6.07) is 7.55. The lowest BCUT2D eigenvalue weighted by Crippen LogP contribution is -2.21. The Morgan fingerprint density at radius 1 is 1.22 bits per heavy atom. The average Bonchev–Trinajstić information content (AvgIpc) is 2.31. The SMILES string of the molecule is COCC(=O)Nc1ccccc1NC(C)=[N+](C)C. The summed E-state index contributed by atoms with van der Waals surface area (Å²) >= 11 is 0. The second-order valence-electron chi connectivity index (χ2n) is 4.13. The van der Waals surface area contributed by atoms with Gasteiger partial charge in [-0.05, 0) is 12.1 Å². The Morgan fingerprint density at radius 2 is 1.78 bits per heavy atom. The van der Waals surface area contributed by atoms with Crippen molar-refractivity contribution in [2.24, 2.45) is 0 Å². The first-order valence-electron chi connectivity index (χ1n) is 5.70. The summed E-state index contributed by atoms with van der Waals surface area (Å²) in [5.74, 6) is 0.817. The van der Waals surface area contributed by atoms with E-state index in [2.05, 4.69) is 10.6 Å². The van der Waals surface area contributed by atoms with Crippen LogP contribution >= 0.6 is 0 Å². The Bertz CT molecular complexity index is 451. The lowest BCUT2D eigenvalue weighted by molar-refractivity contribution is -0.464. The van der Waals surface area contributed by atoms with Crippen LogP contribution in [-0.4, -0.2) is 44.1 Å². The van der Waals surface area contributed by atoms with E-state index in [4.69, 9.17) is 4.74 Å². The van der Waals surface area contributed by atoms with Gasteiger partial charge in [0.15, 0.2) is 0 Å². The van der Waals surface area contributed by atoms with E-state index in [0.29, 0.717) is 0 Å². The number of benzene rings is 1. The van der Waals surface area contributed by atoms with E-state index in [1.807, 2.05) is 49.9 Å². The molecule has 0 atom stereocenters. The molecule has 0 saturated carbocycles. The number of hydrogen-bond acceptors (Lipinski definition) is 2. The molecule has 18 heavy (non-hydrogen) atoms. The Morgan fingerprint density at radius 3 is 2.28 bits per heavy atom. The zero-order chi connectivity index (χ0) is 13.5. The lowest BCUT2D eigenvalue weighted by atomic mass is 10.2. The van der Waals surface area contributed by atoms with Crippen molar-refractivity contribution in [3.63, 3.8) is 0 Å². The molecule has 0 aliphatic carbocycles. The molecule has 0 aromatic heterocycles. The minimum absolute atomic E-state index is 0.0463. The van der Waals surface area contributed by atoms with Crippen LogP contribution in [-0.2, 0) is 9.53 Å². The number of methoxy groups -OCH3 is 1. The minimum Gasteiger partial charge on any atom is -0.375 e. The highest BCUT2D eigenvalue weighted by Gasteiger charge is 2.10. The minimum atomic E-state index is -0.172. The van der Waals surface area contributed by atoms with E-state index in [9.17, 15) is 4.79 Å². The molecule has 98 valence electrons. The molecular formula is C13H20N3O2+. The third kappa shape index (κ3) is 4.18. The van der Waals surface area contributed by atoms with Crippen molar-refractivity contribution < 1.29 is 14.1 Å². The number of nitrogens with zero attached hydrogens (tertiary/aromatic N) is 1. The molecule has 0 spiro atoms. The topological polar surface area (TPSA) is 53.4 Å². The fourth-order valence-corrected chi connectivity index (χ4v) is 1.33. The Hall–Kier alpha value is -1.88. The monoisotopic (exact) mass is 250 g/mol. The normalized spacial score (nSPS) is 9.78. The first-order valence-corrected chi connectivity index (χ1v) is 5.70. The van der Waals surface area contributed by atoms with Crippen molar-refractivity contribution in [3.8, 4) is 0 Å². The molecule has 0 saturated heterocycles.